The number of rotatable bonds is 2. The first kappa shape index (κ1) is 11.5. The standard InChI is InChI=1S/C5H8O2.Nd/c1-3-5(7)4(2)6;/h3H2,1-2H3;. The van der Waals surface area contributed by atoms with E-state index in [1.165, 1.54) is 6.92 Å². The van der Waals surface area contributed by atoms with Gasteiger partial charge >= 0.3 is 0 Å². The molecule has 0 aromatic heterocycles. The monoisotopic (exact) mass is 242 g/mol. The normalized spacial score (nSPS) is 7.25. The summed E-state index contributed by atoms with van der Waals surface area (Å²) < 4.78 is 0. The summed E-state index contributed by atoms with van der Waals surface area (Å²) in [5, 5.41) is 0. The van der Waals surface area contributed by atoms with Gasteiger partial charge in [-0.2, -0.15) is 0 Å². The molecule has 0 bridgehead atoms. The Bertz CT molecular complexity index is 98.6. The molecule has 0 aromatic rings. The van der Waals surface area contributed by atoms with Crippen LogP contribution in [0.5, 0.6) is 0 Å². The third-order valence-corrected chi connectivity index (χ3v) is 0.714. The van der Waals surface area contributed by atoms with Gasteiger partial charge in [-0.15, -0.1) is 0 Å². The minimum atomic E-state index is -0.345. The molecule has 8 heavy (non-hydrogen) atoms. The first-order valence-corrected chi connectivity index (χ1v) is 2.22. The molecule has 0 radical (unpaired) electrons. The zero-order chi connectivity index (χ0) is 5.86. The molecule has 0 heterocycles. The maximum atomic E-state index is 10.2. The maximum Gasteiger partial charge on any atom is 0.197 e. The number of hydrogen-bond donors (Lipinski definition) is 0. The van der Waals surface area contributed by atoms with E-state index in [1.54, 1.807) is 6.92 Å². The van der Waals surface area contributed by atoms with E-state index in [4.69, 9.17) is 0 Å². The molecular formula is C5H8NdO2. The topological polar surface area (TPSA) is 34.1 Å². The Balaban J connectivity index is 0. The third-order valence-electron chi connectivity index (χ3n) is 0.714. The van der Waals surface area contributed by atoms with Gasteiger partial charge in [-0.3, -0.25) is 9.59 Å². The molecule has 0 fully saturated rings. The summed E-state index contributed by atoms with van der Waals surface area (Å²) in [6, 6.07) is 0. The van der Waals surface area contributed by atoms with Crippen LogP contribution in [0, 0.1) is 40.8 Å². The molecule has 0 rings (SSSR count). The van der Waals surface area contributed by atoms with Crippen LogP contribution in [0.3, 0.4) is 0 Å². The van der Waals surface area contributed by atoms with Crippen molar-refractivity contribution in [1.82, 2.24) is 0 Å². The molecule has 0 atom stereocenters. The molecule has 0 aromatic carbocycles. The van der Waals surface area contributed by atoms with Gasteiger partial charge in [-0.25, -0.2) is 0 Å². The molecule has 2 nitrogen and oxygen atoms in total. The predicted molar refractivity (Wildman–Crippen MR) is 26.0 cm³/mol. The van der Waals surface area contributed by atoms with Gasteiger partial charge in [0.25, 0.3) is 0 Å². The van der Waals surface area contributed by atoms with Crippen LogP contribution in [0.15, 0.2) is 0 Å². The van der Waals surface area contributed by atoms with Gasteiger partial charge in [0.15, 0.2) is 11.6 Å². The van der Waals surface area contributed by atoms with Gasteiger partial charge < -0.3 is 0 Å². The minimum Gasteiger partial charge on any atom is -0.291 e. The second-order valence-corrected chi connectivity index (χ2v) is 1.33. The second kappa shape index (κ2) is 5.82. The van der Waals surface area contributed by atoms with Gasteiger partial charge in [0.2, 0.25) is 0 Å². The summed E-state index contributed by atoms with van der Waals surface area (Å²) in [4.78, 5) is 20.2. The molecule has 3 heteroatoms. The number of ketones is 2. The summed E-state index contributed by atoms with van der Waals surface area (Å²) in [5.41, 5.74) is 0. The fourth-order valence-electron chi connectivity index (χ4n) is 0.249. The summed E-state index contributed by atoms with van der Waals surface area (Å²) in [5.74, 6) is -0.637. The van der Waals surface area contributed by atoms with Crippen LogP contribution >= 0.6 is 0 Å². The van der Waals surface area contributed by atoms with Crippen molar-refractivity contribution < 1.29 is 50.4 Å². The fraction of sp³-hybridized carbons (Fsp3) is 0.600. The summed E-state index contributed by atoms with van der Waals surface area (Å²) in [6.45, 7) is 2.95. The molecule has 0 amide bonds. The Morgan fingerprint density at radius 3 is 1.75 bits per heavy atom. The maximum absolute atomic E-state index is 10.2. The zero-order valence-corrected chi connectivity index (χ0v) is 8.23. The third kappa shape index (κ3) is 4.84. The van der Waals surface area contributed by atoms with Crippen molar-refractivity contribution in [2.45, 2.75) is 20.3 Å². The average Bonchev–Trinajstić information content (AvgIpc) is 1.65. The van der Waals surface area contributed by atoms with E-state index < -0.39 is 0 Å². The van der Waals surface area contributed by atoms with Crippen LogP contribution in [0.1, 0.15) is 20.3 Å². The van der Waals surface area contributed by atoms with Crippen molar-refractivity contribution in [2.75, 3.05) is 0 Å². The molecule has 0 spiro atoms. The Labute approximate surface area is 81.6 Å². The van der Waals surface area contributed by atoms with Gasteiger partial charge in [0, 0.05) is 54.2 Å². The second-order valence-electron chi connectivity index (χ2n) is 1.33. The smallest absolute Gasteiger partial charge is 0.197 e. The zero-order valence-electron chi connectivity index (χ0n) is 5.02. The van der Waals surface area contributed by atoms with E-state index in [0.717, 1.165) is 0 Å². The van der Waals surface area contributed by atoms with Crippen LogP contribution in [0.4, 0.5) is 0 Å². The van der Waals surface area contributed by atoms with Crippen molar-refractivity contribution in [1.29, 1.82) is 0 Å². The Hall–Kier alpha value is 0.691. The Morgan fingerprint density at radius 1 is 1.38 bits per heavy atom. The van der Waals surface area contributed by atoms with Crippen LogP contribution < -0.4 is 0 Å². The molecule has 0 saturated carbocycles. The first-order valence-electron chi connectivity index (χ1n) is 2.22. The van der Waals surface area contributed by atoms with Gasteiger partial charge in [-0.1, -0.05) is 6.92 Å². The van der Waals surface area contributed by atoms with Crippen LogP contribution in [0.25, 0.3) is 0 Å². The summed E-state index contributed by atoms with van der Waals surface area (Å²) >= 11 is 0. The molecule has 0 aliphatic heterocycles. The Kier molecular flexibility index (Phi) is 8.35. The van der Waals surface area contributed by atoms with E-state index >= 15 is 0 Å². The van der Waals surface area contributed by atoms with Crippen LogP contribution in [-0.2, 0) is 9.59 Å². The SMILES string of the molecule is CCC(=O)C(C)=O.[Nd]. The van der Waals surface area contributed by atoms with Crippen molar-refractivity contribution in [3.05, 3.63) is 0 Å². The van der Waals surface area contributed by atoms with Crippen molar-refractivity contribution in [3.63, 3.8) is 0 Å². The van der Waals surface area contributed by atoms with Crippen molar-refractivity contribution in [3.8, 4) is 0 Å². The van der Waals surface area contributed by atoms with E-state index in [0.29, 0.717) is 6.42 Å². The largest absolute Gasteiger partial charge is 0.291 e. The molecule has 0 aliphatic carbocycles. The minimum absolute atomic E-state index is 0. The number of carbonyl (C=O) groups is 2. The van der Waals surface area contributed by atoms with E-state index in [9.17, 15) is 9.59 Å². The molecule has 0 saturated heterocycles. The molecule has 0 aliphatic rings. The van der Waals surface area contributed by atoms with E-state index in [-0.39, 0.29) is 52.4 Å². The molecule has 44 valence electrons. The van der Waals surface area contributed by atoms with Gasteiger partial charge in [0.05, 0.1) is 0 Å². The number of hydrogen-bond acceptors (Lipinski definition) is 2. The molecular weight excluding hydrogens is 236 g/mol. The van der Waals surface area contributed by atoms with E-state index in [1.807, 2.05) is 0 Å². The molecule has 0 N–H and O–H groups in total. The first-order chi connectivity index (χ1) is 3.18. The summed E-state index contributed by atoms with van der Waals surface area (Å²) in [6.07, 6.45) is 0.329. The van der Waals surface area contributed by atoms with Gasteiger partial charge in [-0.05, 0) is 0 Å². The molecule has 0 unspecified atom stereocenters. The van der Waals surface area contributed by atoms with Crippen molar-refractivity contribution in [2.24, 2.45) is 0 Å². The van der Waals surface area contributed by atoms with Crippen molar-refractivity contribution >= 4 is 11.6 Å². The van der Waals surface area contributed by atoms with E-state index in [2.05, 4.69) is 0 Å². The fourth-order valence-corrected chi connectivity index (χ4v) is 0.249. The van der Waals surface area contributed by atoms with Crippen LogP contribution in [0.2, 0.25) is 0 Å². The number of Topliss-reactive ketones (excluding diaryl/α,β-unsaturated/α-hetero) is 2. The Morgan fingerprint density at radius 2 is 1.75 bits per heavy atom. The van der Waals surface area contributed by atoms with Crippen LogP contribution in [-0.4, -0.2) is 11.6 Å². The summed E-state index contributed by atoms with van der Waals surface area (Å²) in [7, 11) is 0. The predicted octanol–water partition coefficient (Wildman–Crippen LogP) is 0.554. The number of carbonyl (C=O) groups excluding carboxylic acids is 2. The van der Waals surface area contributed by atoms with Gasteiger partial charge in [0.1, 0.15) is 0 Å². The average molecular weight is 244 g/mol. The quantitative estimate of drug-likeness (QED) is 0.665.